The predicted molar refractivity (Wildman–Crippen MR) is 134 cm³/mol. The van der Waals surface area contributed by atoms with E-state index in [1.807, 2.05) is 18.2 Å². The van der Waals surface area contributed by atoms with Crippen LogP contribution >= 0.6 is 0 Å². The van der Waals surface area contributed by atoms with Crippen LogP contribution in [-0.4, -0.2) is 38.8 Å². The van der Waals surface area contributed by atoms with Gasteiger partial charge in [0.1, 0.15) is 5.75 Å². The van der Waals surface area contributed by atoms with E-state index in [1.165, 1.54) is 12.1 Å². The smallest absolute Gasteiger partial charge is 0.493 e. The van der Waals surface area contributed by atoms with Gasteiger partial charge in [-0.15, -0.1) is 0 Å². The maximum atomic E-state index is 12.5. The van der Waals surface area contributed by atoms with Gasteiger partial charge in [-0.05, 0) is 66.6 Å². The zero-order valence-electron chi connectivity index (χ0n) is 20.3. The van der Waals surface area contributed by atoms with E-state index in [4.69, 9.17) is 18.9 Å². The Balaban J connectivity index is 1.48. The molecule has 3 rings (SSSR count). The minimum absolute atomic E-state index is 0.130. The van der Waals surface area contributed by atoms with Crippen molar-refractivity contribution in [2.75, 3.05) is 26.1 Å². The Hall–Kier alpha value is -4.53. The van der Waals surface area contributed by atoms with Crippen LogP contribution in [-0.2, 0) is 22.5 Å². The van der Waals surface area contributed by atoms with Crippen molar-refractivity contribution in [2.45, 2.75) is 19.9 Å². The number of methoxy groups -OCH3 is 2. The second-order valence-corrected chi connectivity index (χ2v) is 7.60. The molecule has 2 amide bonds. The van der Waals surface area contributed by atoms with E-state index in [0.29, 0.717) is 29.3 Å². The van der Waals surface area contributed by atoms with Crippen molar-refractivity contribution in [2.24, 2.45) is 0 Å². The first-order chi connectivity index (χ1) is 17.4. The fraction of sp³-hybridized carbons (Fsp3) is 0.222. The molecule has 0 saturated heterocycles. The molecule has 2 N–H and O–H groups in total. The third kappa shape index (κ3) is 7.49. The van der Waals surface area contributed by atoms with E-state index in [9.17, 15) is 14.4 Å². The van der Waals surface area contributed by atoms with E-state index >= 15 is 0 Å². The molecule has 0 heterocycles. The van der Waals surface area contributed by atoms with Gasteiger partial charge in [0, 0.05) is 17.8 Å². The number of ether oxygens (including phenoxy) is 4. The number of hydrogen-bond acceptors (Lipinski definition) is 7. The highest BCUT2D eigenvalue weighted by molar-refractivity contribution is 6.04. The normalized spacial score (nSPS) is 10.2. The molecule has 9 heteroatoms. The summed E-state index contributed by atoms with van der Waals surface area (Å²) in [6.07, 6.45) is -0.593. The van der Waals surface area contributed by atoms with Crippen LogP contribution < -0.4 is 24.8 Å². The summed E-state index contributed by atoms with van der Waals surface area (Å²) < 4.78 is 20.2. The number of anilines is 1. The molecule has 36 heavy (non-hydrogen) atoms. The van der Waals surface area contributed by atoms with Crippen molar-refractivity contribution in [1.29, 1.82) is 0 Å². The summed E-state index contributed by atoms with van der Waals surface area (Å²) in [6, 6.07) is 18.6. The Morgan fingerprint density at radius 2 is 1.47 bits per heavy atom. The summed E-state index contributed by atoms with van der Waals surface area (Å²) in [6.45, 7) is 2.24. The first kappa shape index (κ1) is 26.1. The van der Waals surface area contributed by atoms with Gasteiger partial charge in [0.15, 0.2) is 11.5 Å². The lowest BCUT2D eigenvalue weighted by Gasteiger charge is -2.10. The SMILES string of the molecule is CCOC(=O)Oc1ccc(C(=O)Nc2ccc(CNC(=O)Cc3ccc(OC)c(OC)c3)cc2)cc1. The Labute approximate surface area is 209 Å². The predicted octanol–water partition coefficient (Wildman–Crippen LogP) is 4.35. The summed E-state index contributed by atoms with van der Waals surface area (Å²) in [5, 5.41) is 5.69. The number of amides is 2. The lowest BCUT2D eigenvalue weighted by atomic mass is 10.1. The first-order valence-corrected chi connectivity index (χ1v) is 11.2. The third-order valence-electron chi connectivity index (χ3n) is 5.09. The molecule has 0 unspecified atom stereocenters. The van der Waals surface area contributed by atoms with E-state index < -0.39 is 6.16 Å². The fourth-order valence-electron chi connectivity index (χ4n) is 3.27. The fourth-order valence-corrected chi connectivity index (χ4v) is 3.27. The Morgan fingerprint density at radius 3 is 2.11 bits per heavy atom. The topological polar surface area (TPSA) is 112 Å². The van der Waals surface area contributed by atoms with Crippen LogP contribution in [0.1, 0.15) is 28.4 Å². The minimum atomic E-state index is -0.799. The summed E-state index contributed by atoms with van der Waals surface area (Å²) in [4.78, 5) is 36.2. The molecular formula is C27H28N2O7. The number of carbonyl (C=O) groups is 3. The van der Waals surface area contributed by atoms with Crippen molar-refractivity contribution in [3.8, 4) is 17.2 Å². The van der Waals surface area contributed by atoms with Gasteiger partial charge in [0.2, 0.25) is 5.91 Å². The summed E-state index contributed by atoms with van der Waals surface area (Å²) in [7, 11) is 3.11. The lowest BCUT2D eigenvalue weighted by molar-refractivity contribution is -0.120. The molecule has 0 saturated carbocycles. The summed E-state index contributed by atoms with van der Waals surface area (Å²) in [5.41, 5.74) is 2.70. The van der Waals surface area contributed by atoms with Crippen molar-refractivity contribution in [3.05, 3.63) is 83.4 Å². The number of rotatable bonds is 10. The molecule has 3 aromatic rings. The van der Waals surface area contributed by atoms with Gasteiger partial charge >= 0.3 is 6.16 Å². The highest BCUT2D eigenvalue weighted by atomic mass is 16.7. The van der Waals surface area contributed by atoms with E-state index in [0.717, 1.165) is 11.1 Å². The van der Waals surface area contributed by atoms with Crippen LogP contribution in [0.5, 0.6) is 17.2 Å². The number of hydrogen-bond donors (Lipinski definition) is 2. The second-order valence-electron chi connectivity index (χ2n) is 7.60. The van der Waals surface area contributed by atoms with E-state index in [2.05, 4.69) is 10.6 Å². The quantitative estimate of drug-likeness (QED) is 0.320. The maximum absolute atomic E-state index is 12.5. The van der Waals surface area contributed by atoms with Crippen molar-refractivity contribution >= 4 is 23.7 Å². The molecular weight excluding hydrogens is 464 g/mol. The lowest BCUT2D eigenvalue weighted by Crippen LogP contribution is -2.24. The first-order valence-electron chi connectivity index (χ1n) is 11.2. The summed E-state index contributed by atoms with van der Waals surface area (Å²) in [5.74, 6) is 1.02. The molecule has 188 valence electrons. The molecule has 0 radical (unpaired) electrons. The highest BCUT2D eigenvalue weighted by Gasteiger charge is 2.10. The molecule has 0 fully saturated rings. The van der Waals surface area contributed by atoms with Gasteiger partial charge in [0.25, 0.3) is 5.91 Å². The van der Waals surface area contributed by atoms with Crippen molar-refractivity contribution in [3.63, 3.8) is 0 Å². The molecule has 3 aromatic carbocycles. The molecule has 0 bridgehead atoms. The largest absolute Gasteiger partial charge is 0.513 e. The molecule has 0 aromatic heterocycles. The molecule has 0 aliphatic heterocycles. The number of carbonyl (C=O) groups excluding carboxylic acids is 3. The molecule has 0 atom stereocenters. The van der Waals surface area contributed by atoms with Crippen LogP contribution in [0.2, 0.25) is 0 Å². The average Bonchev–Trinajstić information content (AvgIpc) is 2.88. The number of nitrogens with one attached hydrogen (secondary N) is 2. The van der Waals surface area contributed by atoms with Crippen molar-refractivity contribution < 1.29 is 33.3 Å². The van der Waals surface area contributed by atoms with Gasteiger partial charge in [0.05, 0.1) is 27.2 Å². The zero-order chi connectivity index (χ0) is 25.9. The van der Waals surface area contributed by atoms with Gasteiger partial charge in [-0.3, -0.25) is 9.59 Å². The number of benzene rings is 3. The Morgan fingerprint density at radius 1 is 0.806 bits per heavy atom. The molecule has 0 spiro atoms. The van der Waals surface area contributed by atoms with Crippen LogP contribution in [0.25, 0.3) is 0 Å². The van der Waals surface area contributed by atoms with Crippen LogP contribution in [0, 0.1) is 0 Å². The van der Waals surface area contributed by atoms with Crippen LogP contribution in [0.4, 0.5) is 10.5 Å². The van der Waals surface area contributed by atoms with Gasteiger partial charge in [-0.25, -0.2) is 4.79 Å². The Kier molecular flexibility index (Phi) is 9.27. The van der Waals surface area contributed by atoms with Gasteiger partial charge in [-0.2, -0.15) is 0 Å². The van der Waals surface area contributed by atoms with E-state index in [-0.39, 0.29) is 30.6 Å². The van der Waals surface area contributed by atoms with E-state index in [1.54, 1.807) is 57.5 Å². The Bertz CT molecular complexity index is 1190. The van der Waals surface area contributed by atoms with Gasteiger partial charge in [-0.1, -0.05) is 18.2 Å². The highest BCUT2D eigenvalue weighted by Crippen LogP contribution is 2.27. The molecule has 0 aliphatic carbocycles. The second kappa shape index (κ2) is 12.8. The molecule has 9 nitrogen and oxygen atoms in total. The third-order valence-corrected chi connectivity index (χ3v) is 5.09. The van der Waals surface area contributed by atoms with Crippen LogP contribution in [0.15, 0.2) is 66.7 Å². The van der Waals surface area contributed by atoms with Crippen LogP contribution in [0.3, 0.4) is 0 Å². The standard InChI is InChI=1S/C27H28N2O7/c1-4-35-27(32)36-22-12-8-20(9-13-22)26(31)29-21-10-5-18(6-11-21)17-28-25(30)16-19-7-14-23(33-2)24(15-19)34-3/h5-15H,4,16-17H2,1-3H3,(H,28,30)(H,29,31). The minimum Gasteiger partial charge on any atom is -0.493 e. The maximum Gasteiger partial charge on any atom is 0.513 e. The average molecular weight is 493 g/mol. The molecule has 0 aliphatic rings. The zero-order valence-corrected chi connectivity index (χ0v) is 20.3. The van der Waals surface area contributed by atoms with Gasteiger partial charge < -0.3 is 29.6 Å². The summed E-state index contributed by atoms with van der Waals surface area (Å²) >= 11 is 0. The monoisotopic (exact) mass is 492 g/mol. The van der Waals surface area contributed by atoms with Crippen molar-refractivity contribution in [1.82, 2.24) is 5.32 Å².